The molecule has 4 aromatic rings. The van der Waals surface area contributed by atoms with Crippen molar-refractivity contribution in [1.29, 1.82) is 0 Å². The Balaban J connectivity index is 1.84. The minimum absolute atomic E-state index is 0.222. The molecule has 0 saturated heterocycles. The van der Waals surface area contributed by atoms with Crippen LogP contribution in [-0.4, -0.2) is 35.5 Å². The van der Waals surface area contributed by atoms with E-state index in [9.17, 15) is 13.2 Å². The summed E-state index contributed by atoms with van der Waals surface area (Å²) in [6.07, 6.45) is 3.38. The highest BCUT2D eigenvalue weighted by atomic mass is 32.2. The van der Waals surface area contributed by atoms with Gasteiger partial charge in [0.15, 0.2) is 15.5 Å². The number of nitrogens with zero attached hydrogens (tertiary/aromatic N) is 2. The highest BCUT2D eigenvalue weighted by Crippen LogP contribution is 2.31. The maximum atomic E-state index is 12.1. The fourth-order valence-electron chi connectivity index (χ4n) is 3.35. The molecule has 0 spiro atoms. The number of hydrogen-bond donors (Lipinski definition) is 3. The van der Waals surface area contributed by atoms with Gasteiger partial charge < -0.3 is 16.0 Å². The van der Waals surface area contributed by atoms with E-state index in [0.717, 1.165) is 23.9 Å². The van der Waals surface area contributed by atoms with Crippen LogP contribution in [0.4, 0.5) is 11.4 Å². The van der Waals surface area contributed by atoms with E-state index in [2.05, 4.69) is 20.3 Å². The summed E-state index contributed by atoms with van der Waals surface area (Å²) in [5.74, 6) is -0.121. The molecule has 0 aliphatic rings. The lowest BCUT2D eigenvalue weighted by molar-refractivity contribution is 0.100. The zero-order chi connectivity index (χ0) is 22.2. The Labute approximate surface area is 179 Å². The topological polar surface area (TPSA) is 131 Å². The number of pyridine rings is 1. The standard InChI is InChI=1S/C22H21N5O3S/c1-3-13-6-4-5-7-17(13)25-18-16(20(23)28)12-24-22-19(18)26-21(27-22)14-8-10-15(11-9-14)31(2,29)30/h4-12H,3H2,1-2H3,(H2,23,28)(H2,24,25,26,27). The summed E-state index contributed by atoms with van der Waals surface area (Å²) in [5.41, 5.74) is 9.84. The Bertz CT molecular complexity index is 1390. The Morgan fingerprint density at radius 3 is 2.48 bits per heavy atom. The van der Waals surface area contributed by atoms with E-state index in [1.807, 2.05) is 31.2 Å². The number of aromatic amines is 1. The van der Waals surface area contributed by atoms with Crippen LogP contribution in [0.2, 0.25) is 0 Å². The van der Waals surface area contributed by atoms with Crippen LogP contribution >= 0.6 is 0 Å². The number of aryl methyl sites for hydroxylation is 1. The molecule has 0 aliphatic carbocycles. The molecular weight excluding hydrogens is 414 g/mol. The van der Waals surface area contributed by atoms with E-state index in [-0.39, 0.29) is 10.5 Å². The third-order valence-electron chi connectivity index (χ3n) is 4.99. The van der Waals surface area contributed by atoms with Crippen molar-refractivity contribution in [2.75, 3.05) is 11.6 Å². The molecule has 9 heteroatoms. The summed E-state index contributed by atoms with van der Waals surface area (Å²) in [5, 5.41) is 3.31. The van der Waals surface area contributed by atoms with Gasteiger partial charge in [-0.1, -0.05) is 25.1 Å². The number of imidazole rings is 1. The molecule has 1 amide bonds. The molecule has 0 aliphatic heterocycles. The molecule has 0 radical (unpaired) electrons. The molecule has 2 aromatic carbocycles. The normalized spacial score (nSPS) is 11.5. The zero-order valence-electron chi connectivity index (χ0n) is 17.0. The van der Waals surface area contributed by atoms with E-state index in [1.165, 1.54) is 18.3 Å². The van der Waals surface area contributed by atoms with Gasteiger partial charge in [0.05, 0.1) is 16.1 Å². The number of H-pyrrole nitrogens is 1. The molecule has 2 heterocycles. The van der Waals surface area contributed by atoms with Crippen LogP contribution in [0.1, 0.15) is 22.8 Å². The van der Waals surface area contributed by atoms with Gasteiger partial charge in [-0.3, -0.25) is 4.79 Å². The molecule has 31 heavy (non-hydrogen) atoms. The van der Waals surface area contributed by atoms with Crippen molar-refractivity contribution in [1.82, 2.24) is 15.0 Å². The van der Waals surface area contributed by atoms with Gasteiger partial charge in [0.2, 0.25) is 0 Å². The van der Waals surface area contributed by atoms with Crippen molar-refractivity contribution in [2.45, 2.75) is 18.2 Å². The highest BCUT2D eigenvalue weighted by molar-refractivity contribution is 7.90. The number of primary amides is 1. The monoisotopic (exact) mass is 435 g/mol. The van der Waals surface area contributed by atoms with Crippen molar-refractivity contribution in [3.63, 3.8) is 0 Å². The van der Waals surface area contributed by atoms with Crippen LogP contribution in [0.5, 0.6) is 0 Å². The number of carbonyl (C=O) groups is 1. The van der Waals surface area contributed by atoms with Crippen LogP contribution in [0.15, 0.2) is 59.6 Å². The number of fused-ring (bicyclic) bond motifs is 1. The molecular formula is C22H21N5O3S. The van der Waals surface area contributed by atoms with Crippen molar-refractivity contribution in [3.8, 4) is 11.4 Å². The number of rotatable bonds is 6. The van der Waals surface area contributed by atoms with Gasteiger partial charge in [-0.25, -0.2) is 18.4 Å². The fraction of sp³-hybridized carbons (Fsp3) is 0.136. The average Bonchev–Trinajstić information content (AvgIpc) is 3.18. The van der Waals surface area contributed by atoms with E-state index in [1.54, 1.807) is 12.1 Å². The lowest BCUT2D eigenvalue weighted by atomic mass is 10.1. The Kier molecular flexibility index (Phi) is 5.20. The lowest BCUT2D eigenvalue weighted by Gasteiger charge is -2.13. The van der Waals surface area contributed by atoms with Crippen molar-refractivity contribution in [2.24, 2.45) is 5.73 Å². The summed E-state index contributed by atoms with van der Waals surface area (Å²) >= 11 is 0. The third kappa shape index (κ3) is 3.99. The first-order valence-electron chi connectivity index (χ1n) is 9.62. The van der Waals surface area contributed by atoms with Gasteiger partial charge >= 0.3 is 0 Å². The van der Waals surface area contributed by atoms with Crippen LogP contribution in [0, 0.1) is 0 Å². The van der Waals surface area contributed by atoms with E-state index in [0.29, 0.717) is 28.2 Å². The second-order valence-corrected chi connectivity index (χ2v) is 9.14. The molecule has 0 bridgehead atoms. The average molecular weight is 436 g/mol. The SMILES string of the molecule is CCc1ccccc1Nc1c(C(N)=O)cnc2[nH]c(-c3ccc(S(C)(=O)=O)cc3)nc12. The Morgan fingerprint density at radius 1 is 1.13 bits per heavy atom. The van der Waals surface area contributed by atoms with Crippen LogP contribution in [0.3, 0.4) is 0 Å². The van der Waals surface area contributed by atoms with Gasteiger partial charge in [-0.2, -0.15) is 0 Å². The summed E-state index contributed by atoms with van der Waals surface area (Å²) in [4.78, 5) is 24.3. The second kappa shape index (κ2) is 7.84. The summed E-state index contributed by atoms with van der Waals surface area (Å²) < 4.78 is 23.4. The quantitative estimate of drug-likeness (QED) is 0.425. The zero-order valence-corrected chi connectivity index (χ0v) is 17.8. The number of carbonyl (C=O) groups excluding carboxylic acids is 1. The van der Waals surface area contributed by atoms with Crippen LogP contribution in [0.25, 0.3) is 22.6 Å². The number of para-hydroxylation sites is 1. The summed E-state index contributed by atoms with van der Waals surface area (Å²) in [6.45, 7) is 2.05. The number of amides is 1. The third-order valence-corrected chi connectivity index (χ3v) is 6.12. The van der Waals surface area contributed by atoms with Gasteiger partial charge in [-0.05, 0) is 42.3 Å². The molecule has 0 fully saturated rings. The largest absolute Gasteiger partial charge is 0.365 e. The van der Waals surface area contributed by atoms with Gasteiger partial charge in [-0.15, -0.1) is 0 Å². The second-order valence-electron chi connectivity index (χ2n) is 7.13. The molecule has 4 rings (SSSR count). The molecule has 0 saturated carbocycles. The van der Waals surface area contributed by atoms with Gasteiger partial charge in [0.1, 0.15) is 11.3 Å². The molecule has 4 N–H and O–H groups in total. The maximum absolute atomic E-state index is 12.1. The Morgan fingerprint density at radius 2 is 1.84 bits per heavy atom. The molecule has 0 atom stereocenters. The van der Waals surface area contributed by atoms with Gasteiger partial charge in [0, 0.05) is 23.7 Å². The number of benzene rings is 2. The molecule has 8 nitrogen and oxygen atoms in total. The first-order chi connectivity index (χ1) is 14.8. The smallest absolute Gasteiger partial charge is 0.252 e. The first-order valence-corrected chi connectivity index (χ1v) is 11.5. The van der Waals surface area contributed by atoms with E-state index >= 15 is 0 Å². The maximum Gasteiger partial charge on any atom is 0.252 e. The van der Waals surface area contributed by atoms with E-state index in [4.69, 9.17) is 5.73 Å². The van der Waals surface area contributed by atoms with Crippen LogP contribution in [-0.2, 0) is 16.3 Å². The van der Waals surface area contributed by atoms with Crippen molar-refractivity contribution >= 4 is 38.3 Å². The predicted octanol–water partition coefficient (Wildman–Crippen LogP) is 3.43. The Hall–Kier alpha value is -3.72. The van der Waals surface area contributed by atoms with Crippen LogP contribution < -0.4 is 11.1 Å². The van der Waals surface area contributed by atoms with Crippen molar-refractivity contribution in [3.05, 3.63) is 65.9 Å². The number of aromatic nitrogens is 3. The molecule has 158 valence electrons. The summed E-state index contributed by atoms with van der Waals surface area (Å²) in [6, 6.07) is 14.2. The minimum atomic E-state index is -3.29. The molecule has 0 unspecified atom stereocenters. The van der Waals surface area contributed by atoms with Gasteiger partial charge in [0.25, 0.3) is 5.91 Å². The predicted molar refractivity (Wildman–Crippen MR) is 120 cm³/mol. The highest BCUT2D eigenvalue weighted by Gasteiger charge is 2.18. The first kappa shape index (κ1) is 20.5. The summed E-state index contributed by atoms with van der Waals surface area (Å²) in [7, 11) is -3.29. The fourth-order valence-corrected chi connectivity index (χ4v) is 3.98. The number of nitrogens with one attached hydrogen (secondary N) is 2. The number of hydrogen-bond acceptors (Lipinski definition) is 6. The number of sulfone groups is 1. The molecule has 2 aromatic heterocycles. The lowest BCUT2D eigenvalue weighted by Crippen LogP contribution is -2.14. The number of nitrogens with two attached hydrogens (primary N) is 1. The number of anilines is 2. The van der Waals surface area contributed by atoms with E-state index < -0.39 is 15.7 Å². The minimum Gasteiger partial charge on any atom is -0.365 e. The van der Waals surface area contributed by atoms with Crippen molar-refractivity contribution < 1.29 is 13.2 Å².